The van der Waals surface area contributed by atoms with Crippen molar-refractivity contribution < 1.29 is 5.11 Å². The van der Waals surface area contributed by atoms with Gasteiger partial charge >= 0.3 is 0 Å². The topological polar surface area (TPSA) is 20.2 Å². The summed E-state index contributed by atoms with van der Waals surface area (Å²) < 4.78 is 3.71. The summed E-state index contributed by atoms with van der Waals surface area (Å²) in [5.41, 5.74) is 1.02. The lowest BCUT2D eigenvalue weighted by molar-refractivity contribution is 0.226. The van der Waals surface area contributed by atoms with Gasteiger partial charge in [0.25, 0.3) is 0 Å². The van der Waals surface area contributed by atoms with Gasteiger partial charge in [0.05, 0.1) is 0 Å². The van der Waals surface area contributed by atoms with Crippen molar-refractivity contribution >= 4 is 53.5 Å². The van der Waals surface area contributed by atoms with E-state index in [4.69, 9.17) is 0 Å². The lowest BCUT2D eigenvalue weighted by Gasteiger charge is -2.09. The Balaban J connectivity index is 1.87. The predicted octanol–water partition coefficient (Wildman–Crippen LogP) is 5.26. The van der Waals surface area contributed by atoms with E-state index in [0.717, 1.165) is 10.4 Å². The molecule has 3 aromatic heterocycles. The van der Waals surface area contributed by atoms with Crippen LogP contribution in [0.15, 0.2) is 47.2 Å². The number of fused-ring (bicyclic) bond motifs is 2. The first-order valence-electron chi connectivity index (χ1n) is 5.94. The summed E-state index contributed by atoms with van der Waals surface area (Å²) in [6.07, 6.45) is -0.521. The van der Waals surface area contributed by atoms with Crippen molar-refractivity contribution in [2.45, 2.75) is 6.10 Å². The molecule has 1 N–H and O–H groups in total. The number of thiophene rings is 3. The zero-order valence-electron chi connectivity index (χ0n) is 9.87. The van der Waals surface area contributed by atoms with Gasteiger partial charge in [-0.15, -0.1) is 34.0 Å². The fourth-order valence-electron chi connectivity index (χ4n) is 2.30. The summed E-state index contributed by atoms with van der Waals surface area (Å²) in [5, 5.41) is 16.0. The number of rotatable bonds is 2. The van der Waals surface area contributed by atoms with E-state index in [2.05, 4.69) is 35.0 Å². The molecule has 1 unspecified atom stereocenters. The quantitative estimate of drug-likeness (QED) is 0.535. The molecule has 1 aromatic carbocycles. The fraction of sp³-hybridized carbons (Fsp3) is 0.0667. The molecule has 4 aromatic rings. The molecule has 0 aliphatic carbocycles. The molecule has 94 valence electrons. The van der Waals surface area contributed by atoms with E-state index in [0.29, 0.717) is 0 Å². The van der Waals surface area contributed by atoms with Crippen molar-refractivity contribution in [1.29, 1.82) is 0 Å². The van der Waals surface area contributed by atoms with E-state index in [-0.39, 0.29) is 0 Å². The SMILES string of the molecule is OC(c1cc2sccc2s1)c1cccc2ccsc12. The number of hydrogen-bond acceptors (Lipinski definition) is 4. The molecule has 0 radical (unpaired) electrons. The van der Waals surface area contributed by atoms with Crippen molar-refractivity contribution in [3.63, 3.8) is 0 Å². The minimum absolute atomic E-state index is 0.521. The van der Waals surface area contributed by atoms with Crippen LogP contribution in [0.2, 0.25) is 0 Å². The first kappa shape index (κ1) is 11.6. The zero-order chi connectivity index (χ0) is 12.8. The van der Waals surface area contributed by atoms with Gasteiger partial charge in [0.2, 0.25) is 0 Å². The first-order chi connectivity index (χ1) is 9.33. The molecule has 1 nitrogen and oxygen atoms in total. The summed E-state index contributed by atoms with van der Waals surface area (Å²) in [4.78, 5) is 1.03. The summed E-state index contributed by atoms with van der Waals surface area (Å²) in [5.74, 6) is 0. The second kappa shape index (κ2) is 4.42. The average Bonchev–Trinajstić information content (AvgIpc) is 3.11. The van der Waals surface area contributed by atoms with Gasteiger partial charge in [0, 0.05) is 24.5 Å². The molecule has 0 bridgehead atoms. The van der Waals surface area contributed by atoms with Crippen LogP contribution in [0.5, 0.6) is 0 Å². The monoisotopic (exact) mass is 302 g/mol. The Morgan fingerprint density at radius 3 is 2.74 bits per heavy atom. The highest BCUT2D eigenvalue weighted by Crippen LogP contribution is 2.38. The van der Waals surface area contributed by atoms with E-state index < -0.39 is 6.10 Å². The highest BCUT2D eigenvalue weighted by Gasteiger charge is 2.17. The van der Waals surface area contributed by atoms with Gasteiger partial charge in [-0.25, -0.2) is 0 Å². The molecule has 0 spiro atoms. The van der Waals surface area contributed by atoms with Crippen molar-refractivity contribution in [3.05, 3.63) is 57.6 Å². The van der Waals surface area contributed by atoms with Crippen LogP contribution >= 0.6 is 34.0 Å². The molecular weight excluding hydrogens is 292 g/mol. The normalized spacial score (nSPS) is 13.3. The number of benzene rings is 1. The molecule has 3 heterocycles. The molecule has 0 aliphatic rings. The third kappa shape index (κ3) is 1.83. The first-order valence-corrected chi connectivity index (χ1v) is 8.51. The maximum absolute atomic E-state index is 10.6. The van der Waals surface area contributed by atoms with Gasteiger partial charge < -0.3 is 5.11 Å². The van der Waals surface area contributed by atoms with Gasteiger partial charge in [-0.3, -0.25) is 0 Å². The molecule has 0 aliphatic heterocycles. The van der Waals surface area contributed by atoms with Crippen LogP contribution in [0.1, 0.15) is 16.5 Å². The van der Waals surface area contributed by atoms with E-state index >= 15 is 0 Å². The Bertz CT molecular complexity index is 824. The van der Waals surface area contributed by atoms with Crippen molar-refractivity contribution in [2.24, 2.45) is 0 Å². The maximum atomic E-state index is 10.6. The lowest BCUT2D eigenvalue weighted by Crippen LogP contribution is -1.96. The molecule has 0 fully saturated rings. The molecule has 1 atom stereocenters. The standard InChI is InChI=1S/C15H10OS3/c16-14(13-8-12-11(19-13)5-7-17-12)10-3-1-2-9-4-6-18-15(9)10/h1-8,14,16H. The Morgan fingerprint density at radius 2 is 1.84 bits per heavy atom. The van der Waals surface area contributed by atoms with E-state index in [1.807, 2.05) is 12.1 Å². The Hall–Kier alpha value is -1.20. The maximum Gasteiger partial charge on any atom is 0.115 e. The van der Waals surface area contributed by atoms with Crippen molar-refractivity contribution in [3.8, 4) is 0 Å². The number of aliphatic hydroxyl groups excluding tert-OH is 1. The number of hydrogen-bond donors (Lipinski definition) is 1. The third-order valence-electron chi connectivity index (χ3n) is 3.23. The van der Waals surface area contributed by atoms with Crippen LogP contribution in [0, 0.1) is 0 Å². The van der Waals surface area contributed by atoms with Crippen LogP contribution in [-0.2, 0) is 0 Å². The fourth-order valence-corrected chi connectivity index (χ4v) is 5.37. The lowest BCUT2D eigenvalue weighted by atomic mass is 10.1. The zero-order valence-corrected chi connectivity index (χ0v) is 12.3. The summed E-state index contributed by atoms with van der Waals surface area (Å²) >= 11 is 5.10. The van der Waals surface area contributed by atoms with E-state index in [1.54, 1.807) is 34.0 Å². The van der Waals surface area contributed by atoms with Crippen LogP contribution in [0.3, 0.4) is 0 Å². The van der Waals surface area contributed by atoms with Gasteiger partial charge in [-0.05, 0) is 34.3 Å². The van der Waals surface area contributed by atoms with Crippen molar-refractivity contribution in [1.82, 2.24) is 0 Å². The van der Waals surface area contributed by atoms with Gasteiger partial charge in [0.1, 0.15) is 6.10 Å². The molecule has 4 heteroatoms. The van der Waals surface area contributed by atoms with Crippen molar-refractivity contribution in [2.75, 3.05) is 0 Å². The molecule has 0 saturated heterocycles. The minimum atomic E-state index is -0.521. The molecule has 0 amide bonds. The predicted molar refractivity (Wildman–Crippen MR) is 85.6 cm³/mol. The number of aliphatic hydroxyl groups is 1. The minimum Gasteiger partial charge on any atom is -0.383 e. The third-order valence-corrected chi connectivity index (χ3v) is 6.36. The Morgan fingerprint density at radius 1 is 0.947 bits per heavy atom. The average molecular weight is 302 g/mol. The Kier molecular flexibility index (Phi) is 2.70. The highest BCUT2D eigenvalue weighted by atomic mass is 32.1. The van der Waals surface area contributed by atoms with E-state index in [9.17, 15) is 5.11 Å². The molecular formula is C15H10OS3. The van der Waals surface area contributed by atoms with Crippen LogP contribution in [0.4, 0.5) is 0 Å². The van der Waals surface area contributed by atoms with Crippen LogP contribution < -0.4 is 0 Å². The van der Waals surface area contributed by atoms with Gasteiger partial charge in [-0.1, -0.05) is 18.2 Å². The van der Waals surface area contributed by atoms with E-state index in [1.165, 1.54) is 19.5 Å². The summed E-state index contributed by atoms with van der Waals surface area (Å²) in [7, 11) is 0. The highest BCUT2D eigenvalue weighted by molar-refractivity contribution is 7.27. The van der Waals surface area contributed by atoms with Crippen LogP contribution in [-0.4, -0.2) is 5.11 Å². The largest absolute Gasteiger partial charge is 0.383 e. The smallest absolute Gasteiger partial charge is 0.115 e. The second-order valence-corrected chi connectivity index (χ2v) is 7.37. The molecule has 19 heavy (non-hydrogen) atoms. The van der Waals surface area contributed by atoms with Gasteiger partial charge in [0.15, 0.2) is 0 Å². The van der Waals surface area contributed by atoms with Crippen LogP contribution in [0.25, 0.3) is 19.5 Å². The summed E-state index contributed by atoms with van der Waals surface area (Å²) in [6, 6.07) is 12.5. The van der Waals surface area contributed by atoms with Gasteiger partial charge in [-0.2, -0.15) is 0 Å². The molecule has 0 saturated carbocycles. The Labute approximate surface area is 122 Å². The second-order valence-electron chi connectivity index (χ2n) is 4.39. The molecule has 4 rings (SSSR count). The summed E-state index contributed by atoms with van der Waals surface area (Å²) in [6.45, 7) is 0.